The smallest absolute Gasteiger partial charge is 0.312 e. The van der Waals surface area contributed by atoms with Crippen LogP contribution in [0.5, 0.6) is 0 Å². The van der Waals surface area contributed by atoms with Gasteiger partial charge in [0, 0.05) is 0 Å². The molecule has 2 heterocycles. The maximum atomic E-state index is 12.5. The van der Waals surface area contributed by atoms with Gasteiger partial charge in [-0.15, -0.1) is 0 Å². The summed E-state index contributed by atoms with van der Waals surface area (Å²) in [4.78, 5) is 12.5. The molecule has 0 aromatic heterocycles. The van der Waals surface area contributed by atoms with Gasteiger partial charge in [-0.2, -0.15) is 0 Å². The van der Waals surface area contributed by atoms with Gasteiger partial charge in [0.25, 0.3) is 0 Å². The van der Waals surface area contributed by atoms with Crippen LogP contribution in [0.2, 0.25) is 0 Å². The molecule has 2 saturated heterocycles. The number of carbonyl (C=O) groups is 1. The Morgan fingerprint density at radius 1 is 1.25 bits per heavy atom. The van der Waals surface area contributed by atoms with Crippen molar-refractivity contribution in [3.05, 3.63) is 0 Å². The molecule has 114 valence electrons. The molecule has 0 bridgehead atoms. The van der Waals surface area contributed by atoms with Gasteiger partial charge in [-0.1, -0.05) is 26.7 Å². The van der Waals surface area contributed by atoms with Crippen molar-refractivity contribution >= 4 is 5.97 Å². The monoisotopic (exact) mass is 280 g/mol. The largest absolute Gasteiger partial charge is 0.458 e. The summed E-state index contributed by atoms with van der Waals surface area (Å²) >= 11 is 0. The van der Waals surface area contributed by atoms with Crippen molar-refractivity contribution in [2.45, 2.75) is 83.1 Å². The van der Waals surface area contributed by atoms with Crippen LogP contribution in [-0.2, 0) is 9.53 Å². The Morgan fingerprint density at radius 3 is 2.35 bits per heavy atom. The van der Waals surface area contributed by atoms with Crippen LogP contribution >= 0.6 is 0 Å². The summed E-state index contributed by atoms with van der Waals surface area (Å²) in [5.74, 6) is 0.367. The SMILES string of the molecule is CCCC(C)C1(OC(=O)C(C)C23NC2N3)CCCCC1. The maximum absolute atomic E-state index is 12.5. The first-order chi connectivity index (χ1) is 9.54. The fourth-order valence-electron chi connectivity index (χ4n) is 3.91. The Bertz CT molecular complexity index is 384. The van der Waals surface area contributed by atoms with E-state index in [-0.39, 0.29) is 23.2 Å². The van der Waals surface area contributed by atoms with Crippen LogP contribution in [0, 0.1) is 11.8 Å². The Hall–Kier alpha value is -0.610. The Labute approximate surface area is 122 Å². The van der Waals surface area contributed by atoms with E-state index < -0.39 is 0 Å². The van der Waals surface area contributed by atoms with Crippen LogP contribution in [0.15, 0.2) is 0 Å². The minimum Gasteiger partial charge on any atom is -0.458 e. The zero-order valence-corrected chi connectivity index (χ0v) is 13.0. The van der Waals surface area contributed by atoms with Gasteiger partial charge < -0.3 is 4.74 Å². The number of hydrogen-bond acceptors (Lipinski definition) is 4. The van der Waals surface area contributed by atoms with E-state index in [1.807, 2.05) is 6.92 Å². The second kappa shape index (κ2) is 4.99. The van der Waals surface area contributed by atoms with Crippen molar-refractivity contribution in [3.63, 3.8) is 0 Å². The molecule has 0 spiro atoms. The lowest BCUT2D eigenvalue weighted by Crippen LogP contribution is -2.46. The van der Waals surface area contributed by atoms with E-state index in [1.165, 1.54) is 19.3 Å². The fourth-order valence-corrected chi connectivity index (χ4v) is 3.91. The number of esters is 1. The average Bonchev–Trinajstić information content (AvgIpc) is 3.28. The molecule has 0 aromatic rings. The van der Waals surface area contributed by atoms with Crippen LogP contribution < -0.4 is 10.6 Å². The van der Waals surface area contributed by atoms with Crippen LogP contribution in [0.3, 0.4) is 0 Å². The van der Waals surface area contributed by atoms with Crippen molar-refractivity contribution in [2.75, 3.05) is 0 Å². The highest BCUT2D eigenvalue weighted by Crippen LogP contribution is 2.46. The Balaban J connectivity index is 1.67. The highest BCUT2D eigenvalue weighted by atomic mass is 16.6. The minimum atomic E-state index is -0.199. The highest BCUT2D eigenvalue weighted by molar-refractivity contribution is 5.76. The van der Waals surface area contributed by atoms with Crippen LogP contribution in [0.4, 0.5) is 0 Å². The van der Waals surface area contributed by atoms with Crippen LogP contribution in [0.25, 0.3) is 0 Å². The fraction of sp³-hybridized carbons (Fsp3) is 0.938. The third kappa shape index (κ3) is 2.27. The number of rotatable bonds is 6. The lowest BCUT2D eigenvalue weighted by Gasteiger charge is -2.42. The highest BCUT2D eigenvalue weighted by Gasteiger charge is 2.74. The van der Waals surface area contributed by atoms with E-state index in [9.17, 15) is 4.79 Å². The van der Waals surface area contributed by atoms with Gasteiger partial charge in [0.15, 0.2) is 0 Å². The van der Waals surface area contributed by atoms with E-state index >= 15 is 0 Å². The van der Waals surface area contributed by atoms with Gasteiger partial charge in [0.1, 0.15) is 11.3 Å². The molecule has 3 rings (SSSR count). The lowest BCUT2D eigenvalue weighted by molar-refractivity contribution is -0.176. The summed E-state index contributed by atoms with van der Waals surface area (Å²) in [6, 6.07) is 0. The van der Waals surface area contributed by atoms with Gasteiger partial charge in [-0.25, -0.2) is 0 Å². The summed E-state index contributed by atoms with van der Waals surface area (Å²) < 4.78 is 6.13. The predicted molar refractivity (Wildman–Crippen MR) is 77.9 cm³/mol. The third-order valence-corrected chi connectivity index (χ3v) is 5.72. The molecule has 1 saturated carbocycles. The zero-order chi connectivity index (χ0) is 14.4. The summed E-state index contributed by atoms with van der Waals surface area (Å²) in [6.07, 6.45) is 8.42. The summed E-state index contributed by atoms with van der Waals surface area (Å²) in [6.45, 7) is 6.46. The van der Waals surface area contributed by atoms with E-state index in [1.54, 1.807) is 0 Å². The average molecular weight is 280 g/mol. The van der Waals surface area contributed by atoms with E-state index in [0.29, 0.717) is 12.1 Å². The molecule has 20 heavy (non-hydrogen) atoms. The van der Waals surface area contributed by atoms with Crippen molar-refractivity contribution in [2.24, 2.45) is 11.8 Å². The molecule has 3 aliphatic rings. The number of carbonyl (C=O) groups excluding carboxylic acids is 1. The standard InChI is InChI=1S/C16H28N2O2/c1-4-8-11(2)15(9-6-5-7-10-15)20-13(19)12(3)16-14(17-16)18-16/h11-12,14,17-18H,4-10H2,1-3H3. The minimum absolute atomic E-state index is 0.0187. The van der Waals surface area contributed by atoms with Crippen molar-refractivity contribution < 1.29 is 9.53 Å². The third-order valence-electron chi connectivity index (χ3n) is 5.72. The summed E-state index contributed by atoms with van der Waals surface area (Å²) in [7, 11) is 0. The molecule has 3 fully saturated rings. The maximum Gasteiger partial charge on any atom is 0.312 e. The van der Waals surface area contributed by atoms with Crippen molar-refractivity contribution in [3.8, 4) is 0 Å². The second-order valence-corrected chi connectivity index (χ2v) is 7.05. The van der Waals surface area contributed by atoms with Gasteiger partial charge in [-0.05, 0) is 44.9 Å². The van der Waals surface area contributed by atoms with Gasteiger partial charge in [0.05, 0.1) is 12.1 Å². The molecule has 0 aromatic carbocycles. The predicted octanol–water partition coefficient (Wildman–Crippen LogP) is 2.53. The molecule has 2 unspecified atom stereocenters. The zero-order valence-electron chi connectivity index (χ0n) is 13.0. The normalized spacial score (nSPS) is 36.6. The van der Waals surface area contributed by atoms with Crippen molar-refractivity contribution in [1.82, 2.24) is 10.6 Å². The molecule has 1 aliphatic carbocycles. The number of hydrogen-bond donors (Lipinski definition) is 2. The molecule has 2 N–H and O–H groups in total. The molecule has 0 radical (unpaired) electrons. The van der Waals surface area contributed by atoms with E-state index in [4.69, 9.17) is 4.74 Å². The quantitative estimate of drug-likeness (QED) is 0.579. The van der Waals surface area contributed by atoms with Crippen LogP contribution in [0.1, 0.15) is 65.7 Å². The molecule has 2 aliphatic heterocycles. The first kappa shape index (κ1) is 14.3. The van der Waals surface area contributed by atoms with Gasteiger partial charge >= 0.3 is 5.97 Å². The number of ether oxygens (including phenoxy) is 1. The van der Waals surface area contributed by atoms with Crippen LogP contribution in [-0.4, -0.2) is 23.4 Å². The summed E-state index contributed by atoms with van der Waals surface area (Å²) in [5.41, 5.74) is -0.309. The molecule has 4 heteroatoms. The molecular formula is C16H28N2O2. The summed E-state index contributed by atoms with van der Waals surface area (Å²) in [5, 5.41) is 6.56. The second-order valence-electron chi connectivity index (χ2n) is 7.05. The first-order valence-electron chi connectivity index (χ1n) is 8.32. The molecular weight excluding hydrogens is 252 g/mol. The number of fused-ring (bicyclic) bond motifs is 1. The molecule has 0 amide bonds. The van der Waals surface area contributed by atoms with Gasteiger partial charge in [0.2, 0.25) is 0 Å². The number of nitrogens with one attached hydrogen (secondary N) is 2. The topological polar surface area (TPSA) is 70.2 Å². The Morgan fingerprint density at radius 2 is 1.85 bits per heavy atom. The Kier molecular flexibility index (Phi) is 3.57. The van der Waals surface area contributed by atoms with Crippen molar-refractivity contribution in [1.29, 1.82) is 0 Å². The molecule has 2 atom stereocenters. The van der Waals surface area contributed by atoms with E-state index in [2.05, 4.69) is 24.5 Å². The van der Waals surface area contributed by atoms with E-state index in [0.717, 1.165) is 25.7 Å². The first-order valence-corrected chi connectivity index (χ1v) is 8.32. The van der Waals surface area contributed by atoms with Gasteiger partial charge in [-0.3, -0.25) is 15.4 Å². The lowest BCUT2D eigenvalue weighted by atomic mass is 9.74. The molecule has 4 nitrogen and oxygen atoms in total.